The Kier molecular flexibility index (Phi) is 5.71. The normalized spacial score (nSPS) is 15.7. The van der Waals surface area contributed by atoms with Gasteiger partial charge < -0.3 is 14.5 Å². The second-order valence-corrected chi connectivity index (χ2v) is 6.50. The Morgan fingerprint density at radius 2 is 1.85 bits per heavy atom. The van der Waals surface area contributed by atoms with Crippen LogP contribution in [0.1, 0.15) is 30.7 Å². The number of aromatic nitrogens is 2. The largest absolute Gasteiger partial charge is 0.481 e. The Morgan fingerprint density at radius 3 is 2.46 bits per heavy atom. The second kappa shape index (κ2) is 8.17. The molecule has 2 aromatic rings. The van der Waals surface area contributed by atoms with Gasteiger partial charge in [0.15, 0.2) is 0 Å². The van der Waals surface area contributed by atoms with Gasteiger partial charge in [0.1, 0.15) is 11.6 Å². The van der Waals surface area contributed by atoms with Gasteiger partial charge in [0, 0.05) is 32.2 Å². The minimum atomic E-state index is -0.0656. The van der Waals surface area contributed by atoms with Crippen LogP contribution in [0.2, 0.25) is 0 Å². The van der Waals surface area contributed by atoms with Gasteiger partial charge in [-0.3, -0.25) is 4.79 Å². The molecule has 1 aromatic heterocycles. The number of hydrogen-bond donors (Lipinski definition) is 0. The van der Waals surface area contributed by atoms with Crippen LogP contribution in [0.4, 0.5) is 5.82 Å². The number of ether oxygens (including phenoxy) is 1. The molecule has 0 N–H and O–H groups in total. The van der Waals surface area contributed by atoms with E-state index in [1.165, 1.54) is 0 Å². The molecule has 1 aromatic carbocycles. The maximum Gasteiger partial charge on any atom is 0.230 e. The molecule has 6 nitrogen and oxygen atoms in total. The standard InChI is InChI=1S/C20H26N4O2/c1-4-17(16-8-6-5-7-9-16)20(25)24-12-10-23(11-13-24)18-14-19(26-3)22-15(2)21-18/h5-9,14,17H,4,10-13H2,1-3H3. The average molecular weight is 354 g/mol. The third-order valence-electron chi connectivity index (χ3n) is 4.83. The number of benzene rings is 1. The van der Waals surface area contributed by atoms with E-state index in [2.05, 4.69) is 21.8 Å². The Hall–Kier alpha value is -2.63. The van der Waals surface area contributed by atoms with Crippen molar-refractivity contribution in [3.8, 4) is 5.88 Å². The summed E-state index contributed by atoms with van der Waals surface area (Å²) >= 11 is 0. The van der Waals surface area contributed by atoms with E-state index in [0.717, 1.165) is 30.9 Å². The van der Waals surface area contributed by atoms with Crippen molar-refractivity contribution in [2.75, 3.05) is 38.2 Å². The Morgan fingerprint density at radius 1 is 1.15 bits per heavy atom. The van der Waals surface area contributed by atoms with E-state index in [9.17, 15) is 4.79 Å². The van der Waals surface area contributed by atoms with E-state index in [-0.39, 0.29) is 11.8 Å². The molecule has 1 atom stereocenters. The summed E-state index contributed by atoms with van der Waals surface area (Å²) in [5, 5.41) is 0. The summed E-state index contributed by atoms with van der Waals surface area (Å²) in [5.41, 5.74) is 1.10. The Labute approximate surface area is 154 Å². The third kappa shape index (κ3) is 3.95. The lowest BCUT2D eigenvalue weighted by molar-refractivity contribution is -0.133. The molecule has 0 spiro atoms. The zero-order valence-electron chi connectivity index (χ0n) is 15.7. The molecule has 1 aliphatic rings. The van der Waals surface area contributed by atoms with Crippen LogP contribution in [0.15, 0.2) is 36.4 Å². The van der Waals surface area contributed by atoms with Gasteiger partial charge in [-0.15, -0.1) is 0 Å². The minimum absolute atomic E-state index is 0.0656. The molecule has 1 fully saturated rings. The van der Waals surface area contributed by atoms with Crippen molar-refractivity contribution >= 4 is 11.7 Å². The summed E-state index contributed by atoms with van der Waals surface area (Å²) < 4.78 is 5.24. The van der Waals surface area contributed by atoms with E-state index in [1.807, 2.05) is 48.2 Å². The molecule has 0 aliphatic carbocycles. The van der Waals surface area contributed by atoms with Crippen LogP contribution in [0.25, 0.3) is 0 Å². The van der Waals surface area contributed by atoms with E-state index in [0.29, 0.717) is 24.8 Å². The molecule has 138 valence electrons. The van der Waals surface area contributed by atoms with E-state index in [1.54, 1.807) is 7.11 Å². The maximum atomic E-state index is 13.0. The molecule has 1 unspecified atom stereocenters. The maximum absolute atomic E-state index is 13.0. The molecule has 1 aliphatic heterocycles. The van der Waals surface area contributed by atoms with Crippen LogP contribution < -0.4 is 9.64 Å². The molecule has 0 saturated carbocycles. The predicted molar refractivity (Wildman–Crippen MR) is 102 cm³/mol. The van der Waals surface area contributed by atoms with Crippen LogP contribution in [0, 0.1) is 6.92 Å². The SMILES string of the molecule is CCC(C(=O)N1CCN(c2cc(OC)nc(C)n2)CC1)c1ccccc1. The second-order valence-electron chi connectivity index (χ2n) is 6.50. The van der Waals surface area contributed by atoms with Crippen molar-refractivity contribution in [2.45, 2.75) is 26.2 Å². The first kappa shape index (κ1) is 18.2. The van der Waals surface area contributed by atoms with Gasteiger partial charge in [-0.05, 0) is 18.9 Å². The fourth-order valence-corrected chi connectivity index (χ4v) is 3.41. The van der Waals surface area contributed by atoms with Crippen molar-refractivity contribution in [1.82, 2.24) is 14.9 Å². The third-order valence-corrected chi connectivity index (χ3v) is 4.83. The van der Waals surface area contributed by atoms with Crippen molar-refractivity contribution < 1.29 is 9.53 Å². The van der Waals surface area contributed by atoms with Gasteiger partial charge in [-0.25, -0.2) is 4.98 Å². The van der Waals surface area contributed by atoms with Gasteiger partial charge in [-0.1, -0.05) is 37.3 Å². The lowest BCUT2D eigenvalue weighted by Crippen LogP contribution is -2.50. The Bertz CT molecular complexity index is 743. The lowest BCUT2D eigenvalue weighted by atomic mass is 9.95. The highest BCUT2D eigenvalue weighted by molar-refractivity contribution is 5.84. The van der Waals surface area contributed by atoms with E-state index < -0.39 is 0 Å². The van der Waals surface area contributed by atoms with Gasteiger partial charge in [-0.2, -0.15) is 4.98 Å². The lowest BCUT2D eigenvalue weighted by Gasteiger charge is -2.37. The van der Waals surface area contributed by atoms with Crippen molar-refractivity contribution in [1.29, 1.82) is 0 Å². The number of carbonyl (C=O) groups is 1. The molecule has 1 amide bonds. The smallest absolute Gasteiger partial charge is 0.230 e. The first-order valence-electron chi connectivity index (χ1n) is 9.10. The highest BCUT2D eigenvalue weighted by Crippen LogP contribution is 2.24. The van der Waals surface area contributed by atoms with Crippen molar-refractivity contribution in [3.63, 3.8) is 0 Å². The number of anilines is 1. The van der Waals surface area contributed by atoms with Crippen LogP contribution in [0.5, 0.6) is 5.88 Å². The highest BCUT2D eigenvalue weighted by Gasteiger charge is 2.28. The van der Waals surface area contributed by atoms with Gasteiger partial charge >= 0.3 is 0 Å². The molecule has 6 heteroatoms. The molecule has 26 heavy (non-hydrogen) atoms. The molecule has 0 bridgehead atoms. The molecule has 1 saturated heterocycles. The monoisotopic (exact) mass is 354 g/mol. The molecule has 2 heterocycles. The summed E-state index contributed by atoms with van der Waals surface area (Å²) in [6.45, 7) is 6.85. The van der Waals surface area contributed by atoms with Crippen molar-refractivity contribution in [3.05, 3.63) is 47.8 Å². The molecular weight excluding hydrogens is 328 g/mol. The van der Waals surface area contributed by atoms with Crippen LogP contribution in [-0.2, 0) is 4.79 Å². The number of nitrogens with zero attached hydrogens (tertiary/aromatic N) is 4. The fraction of sp³-hybridized carbons (Fsp3) is 0.450. The molecule has 0 radical (unpaired) electrons. The fourth-order valence-electron chi connectivity index (χ4n) is 3.41. The quantitative estimate of drug-likeness (QED) is 0.826. The van der Waals surface area contributed by atoms with Crippen molar-refractivity contribution in [2.24, 2.45) is 0 Å². The topological polar surface area (TPSA) is 58.6 Å². The Balaban J connectivity index is 1.66. The predicted octanol–water partition coefficient (Wildman–Crippen LogP) is 2.64. The van der Waals surface area contributed by atoms with Crippen LogP contribution in [0.3, 0.4) is 0 Å². The van der Waals surface area contributed by atoms with E-state index in [4.69, 9.17) is 4.74 Å². The number of amides is 1. The van der Waals surface area contributed by atoms with Crippen LogP contribution >= 0.6 is 0 Å². The van der Waals surface area contributed by atoms with Crippen LogP contribution in [-0.4, -0.2) is 54.1 Å². The van der Waals surface area contributed by atoms with Gasteiger partial charge in [0.2, 0.25) is 11.8 Å². The number of methoxy groups -OCH3 is 1. The summed E-state index contributed by atoms with van der Waals surface area (Å²) in [6.07, 6.45) is 0.811. The number of carbonyl (C=O) groups excluding carboxylic acids is 1. The van der Waals surface area contributed by atoms with E-state index >= 15 is 0 Å². The zero-order valence-corrected chi connectivity index (χ0v) is 15.7. The number of piperazine rings is 1. The molecule has 3 rings (SSSR count). The van der Waals surface area contributed by atoms with Gasteiger partial charge in [0.05, 0.1) is 13.0 Å². The number of rotatable bonds is 5. The minimum Gasteiger partial charge on any atom is -0.481 e. The molecular formula is C20H26N4O2. The first-order chi connectivity index (χ1) is 12.6. The average Bonchev–Trinajstić information content (AvgIpc) is 2.69. The first-order valence-corrected chi connectivity index (χ1v) is 9.10. The summed E-state index contributed by atoms with van der Waals surface area (Å²) in [5.74, 6) is 2.27. The summed E-state index contributed by atoms with van der Waals surface area (Å²) in [4.78, 5) is 25.9. The summed E-state index contributed by atoms with van der Waals surface area (Å²) in [6, 6.07) is 11.9. The summed E-state index contributed by atoms with van der Waals surface area (Å²) in [7, 11) is 1.61. The highest BCUT2D eigenvalue weighted by atomic mass is 16.5. The zero-order chi connectivity index (χ0) is 18.5. The number of hydrogen-bond acceptors (Lipinski definition) is 5. The van der Waals surface area contributed by atoms with Gasteiger partial charge in [0.25, 0.3) is 0 Å². The number of aryl methyl sites for hydroxylation is 1.